The molecule has 218 valence electrons. The summed E-state index contributed by atoms with van der Waals surface area (Å²) in [5.41, 5.74) is -0.898. The zero-order valence-corrected chi connectivity index (χ0v) is 24.5. The number of carbonyl (C=O) groups is 5. The number of hydrogen-bond donors (Lipinski definition) is 3. The quantitative estimate of drug-likeness (QED) is 0.240. The van der Waals surface area contributed by atoms with Gasteiger partial charge in [0.05, 0.1) is 6.04 Å². The van der Waals surface area contributed by atoms with E-state index >= 15 is 0 Å². The molecule has 0 aromatic heterocycles. The maximum absolute atomic E-state index is 13.9. The lowest BCUT2D eigenvalue weighted by atomic mass is 9.95. The van der Waals surface area contributed by atoms with Crippen molar-refractivity contribution in [3.05, 3.63) is 25.3 Å². The van der Waals surface area contributed by atoms with Gasteiger partial charge in [-0.1, -0.05) is 46.3 Å². The van der Waals surface area contributed by atoms with Crippen molar-refractivity contribution in [2.75, 3.05) is 13.1 Å². The third-order valence-corrected chi connectivity index (χ3v) is 7.83. The number of hydrogen-bond acceptors (Lipinski definition) is 6. The van der Waals surface area contributed by atoms with Gasteiger partial charge in [0.25, 0.3) is 5.91 Å². The third-order valence-electron chi connectivity index (χ3n) is 7.83. The molecule has 2 aliphatic rings. The molecular weight excluding hydrogens is 500 g/mol. The zero-order chi connectivity index (χ0) is 29.7. The molecule has 4 amide bonds. The minimum absolute atomic E-state index is 0.106. The van der Waals surface area contributed by atoms with Crippen LogP contribution in [0, 0.1) is 23.2 Å². The van der Waals surface area contributed by atoms with Crippen LogP contribution in [0.2, 0.25) is 0 Å². The number of ketones is 1. The molecule has 3 N–H and O–H groups in total. The first-order valence-electron chi connectivity index (χ1n) is 13.7. The van der Waals surface area contributed by atoms with E-state index < -0.39 is 47.4 Å². The number of piperidine rings is 1. The van der Waals surface area contributed by atoms with Crippen LogP contribution in [0.5, 0.6) is 0 Å². The van der Waals surface area contributed by atoms with E-state index in [1.807, 2.05) is 13.8 Å². The van der Waals surface area contributed by atoms with Crippen molar-refractivity contribution in [1.29, 1.82) is 0 Å². The van der Waals surface area contributed by atoms with Crippen LogP contribution in [0.15, 0.2) is 25.3 Å². The second-order valence-corrected chi connectivity index (χ2v) is 12.2. The second kappa shape index (κ2) is 12.8. The summed E-state index contributed by atoms with van der Waals surface area (Å²) < 4.78 is 5.39. The largest absolute Gasteiger partial charge is 0.444 e. The molecule has 5 unspecified atom stereocenters. The smallest absolute Gasteiger partial charge is 0.408 e. The second-order valence-electron chi connectivity index (χ2n) is 12.2. The van der Waals surface area contributed by atoms with Gasteiger partial charge in [-0.15, -0.1) is 13.2 Å². The van der Waals surface area contributed by atoms with E-state index in [1.165, 1.54) is 11.0 Å². The fourth-order valence-electron chi connectivity index (χ4n) is 5.33. The van der Waals surface area contributed by atoms with Crippen molar-refractivity contribution < 1.29 is 28.7 Å². The minimum Gasteiger partial charge on any atom is -0.444 e. The topological polar surface area (TPSA) is 134 Å². The molecule has 1 aliphatic carbocycles. The van der Waals surface area contributed by atoms with Crippen LogP contribution in [0.1, 0.15) is 67.7 Å². The lowest BCUT2D eigenvalue weighted by Gasteiger charge is -2.35. The van der Waals surface area contributed by atoms with Gasteiger partial charge in [-0.05, 0) is 56.8 Å². The summed E-state index contributed by atoms with van der Waals surface area (Å²) in [5, 5.41) is 7.93. The van der Waals surface area contributed by atoms with E-state index in [0.717, 1.165) is 0 Å². The first-order valence-corrected chi connectivity index (χ1v) is 13.7. The predicted octanol–water partition coefficient (Wildman–Crippen LogP) is 2.73. The Kier molecular flexibility index (Phi) is 10.5. The fourth-order valence-corrected chi connectivity index (χ4v) is 5.33. The van der Waals surface area contributed by atoms with Crippen LogP contribution < -0.4 is 16.0 Å². The SMILES string of the molecule is C=CCC[C@H](NC(=O)C1C2C(CN1C(=O)C(NC(=O)OC(C)(C)C)C(C)CC)C2(C)C)C(=O)C(=O)NCC=C. The monoisotopic (exact) mass is 546 g/mol. The summed E-state index contributed by atoms with van der Waals surface area (Å²) in [4.78, 5) is 66.9. The number of carbonyl (C=O) groups excluding carboxylic acids is 5. The highest BCUT2D eigenvalue weighted by molar-refractivity contribution is 6.38. The van der Waals surface area contributed by atoms with Crippen LogP contribution in [-0.4, -0.2) is 71.3 Å². The van der Waals surface area contributed by atoms with E-state index in [-0.39, 0.29) is 42.0 Å². The van der Waals surface area contributed by atoms with Gasteiger partial charge in [-0.3, -0.25) is 19.2 Å². The van der Waals surface area contributed by atoms with E-state index in [9.17, 15) is 24.0 Å². The number of nitrogens with zero attached hydrogens (tertiary/aromatic N) is 1. The Morgan fingerprint density at radius 3 is 2.28 bits per heavy atom. The molecule has 1 saturated carbocycles. The molecule has 10 heteroatoms. The predicted molar refractivity (Wildman–Crippen MR) is 148 cm³/mol. The average molecular weight is 547 g/mol. The molecule has 0 aromatic carbocycles. The van der Waals surface area contributed by atoms with E-state index in [0.29, 0.717) is 19.4 Å². The normalized spacial score (nSPS) is 23.4. The molecule has 1 aliphatic heterocycles. The van der Waals surface area contributed by atoms with E-state index in [4.69, 9.17) is 4.74 Å². The van der Waals surface area contributed by atoms with Crippen molar-refractivity contribution in [3.8, 4) is 0 Å². The Bertz CT molecular complexity index is 985. The van der Waals surface area contributed by atoms with Gasteiger partial charge in [0.1, 0.15) is 17.7 Å². The van der Waals surface area contributed by atoms with Gasteiger partial charge in [0.2, 0.25) is 17.6 Å². The number of likely N-dealkylation sites (tertiary alicyclic amines) is 1. The summed E-state index contributed by atoms with van der Waals surface area (Å²) >= 11 is 0. The highest BCUT2D eigenvalue weighted by Crippen LogP contribution is 2.65. The van der Waals surface area contributed by atoms with Gasteiger partial charge >= 0.3 is 6.09 Å². The number of Topliss-reactive ketones (excluding diaryl/α,β-unsaturated/α-hetero) is 1. The molecule has 1 saturated heterocycles. The van der Waals surface area contributed by atoms with Gasteiger partial charge in [-0.2, -0.15) is 0 Å². The van der Waals surface area contributed by atoms with Crippen LogP contribution in [-0.2, 0) is 23.9 Å². The Hall–Kier alpha value is -3.17. The van der Waals surface area contributed by atoms with Crippen LogP contribution >= 0.6 is 0 Å². The minimum atomic E-state index is -1.07. The highest BCUT2D eigenvalue weighted by Gasteiger charge is 2.69. The molecule has 0 radical (unpaired) electrons. The fraction of sp³-hybridized carbons (Fsp3) is 0.690. The lowest BCUT2D eigenvalue weighted by molar-refractivity contribution is -0.144. The third kappa shape index (κ3) is 7.70. The Morgan fingerprint density at radius 1 is 1.10 bits per heavy atom. The van der Waals surface area contributed by atoms with Gasteiger partial charge in [0, 0.05) is 13.1 Å². The van der Waals surface area contributed by atoms with Crippen LogP contribution in [0.25, 0.3) is 0 Å². The number of fused-ring (bicyclic) bond motifs is 1. The molecule has 10 nitrogen and oxygen atoms in total. The first kappa shape index (κ1) is 32.0. The molecule has 1 heterocycles. The van der Waals surface area contributed by atoms with Crippen molar-refractivity contribution in [3.63, 3.8) is 0 Å². The number of rotatable bonds is 13. The lowest BCUT2D eigenvalue weighted by Crippen LogP contribution is -2.59. The van der Waals surface area contributed by atoms with Crippen LogP contribution in [0.3, 0.4) is 0 Å². The van der Waals surface area contributed by atoms with E-state index in [2.05, 4.69) is 43.0 Å². The molecule has 0 aromatic rings. The summed E-state index contributed by atoms with van der Waals surface area (Å²) in [6.45, 7) is 20.8. The van der Waals surface area contributed by atoms with Crippen molar-refractivity contribution in [2.24, 2.45) is 23.2 Å². The number of alkyl carbamates (subject to hydrolysis) is 1. The summed E-state index contributed by atoms with van der Waals surface area (Å²) in [6.07, 6.45) is 3.59. The summed E-state index contributed by atoms with van der Waals surface area (Å²) in [7, 11) is 0. The molecule has 0 bridgehead atoms. The van der Waals surface area contributed by atoms with Crippen LogP contribution in [0.4, 0.5) is 4.79 Å². The molecule has 39 heavy (non-hydrogen) atoms. The van der Waals surface area contributed by atoms with Gasteiger partial charge in [0.15, 0.2) is 0 Å². The Labute approximate surface area is 232 Å². The number of allylic oxidation sites excluding steroid dienone is 1. The zero-order valence-electron chi connectivity index (χ0n) is 24.5. The molecule has 2 fully saturated rings. The first-order chi connectivity index (χ1) is 18.1. The van der Waals surface area contributed by atoms with Gasteiger partial charge < -0.3 is 25.6 Å². The van der Waals surface area contributed by atoms with Gasteiger partial charge in [-0.25, -0.2) is 4.79 Å². The van der Waals surface area contributed by atoms with Crippen molar-refractivity contribution >= 4 is 29.6 Å². The molecule has 0 spiro atoms. The summed E-state index contributed by atoms with van der Waals surface area (Å²) in [5.74, 6) is -2.64. The number of nitrogens with one attached hydrogen (secondary N) is 3. The van der Waals surface area contributed by atoms with Crippen molar-refractivity contribution in [1.82, 2.24) is 20.9 Å². The Morgan fingerprint density at radius 2 is 1.74 bits per heavy atom. The molecule has 2 rings (SSSR count). The standard InChI is InChI=1S/C29H46N4O6/c1-10-13-14-19(23(34)25(36)30-15-11-2)31-24(35)22-20-18(29(20,8)9)16-33(22)26(37)21(17(4)12-3)32-27(38)39-28(5,6)7/h10-11,17-22H,1-2,12-16H2,3-9H3,(H,30,36)(H,31,35)(H,32,38)/t17?,18?,19-,20?,21?,22?/m0/s1. The average Bonchev–Trinajstić information content (AvgIpc) is 3.18. The van der Waals surface area contributed by atoms with Crippen molar-refractivity contribution in [2.45, 2.75) is 91.5 Å². The number of amides is 4. The maximum atomic E-state index is 13.9. The summed E-state index contributed by atoms with van der Waals surface area (Å²) in [6, 6.07) is -2.79. The number of ether oxygens (including phenoxy) is 1. The van der Waals surface area contributed by atoms with E-state index in [1.54, 1.807) is 26.8 Å². The molecular formula is C29H46N4O6. The molecule has 6 atom stereocenters. The maximum Gasteiger partial charge on any atom is 0.408 e. The highest BCUT2D eigenvalue weighted by atomic mass is 16.6. The Balaban J connectivity index is 2.30.